The quantitative estimate of drug-likeness (QED) is 0.553. The van der Waals surface area contributed by atoms with Gasteiger partial charge in [0.1, 0.15) is 5.69 Å². The van der Waals surface area contributed by atoms with Gasteiger partial charge in [0, 0.05) is 51.0 Å². The molecule has 7 heteroatoms. The van der Waals surface area contributed by atoms with Crippen molar-refractivity contribution in [2.45, 2.75) is 25.8 Å². The van der Waals surface area contributed by atoms with Crippen LogP contribution in [0.4, 0.5) is 0 Å². The van der Waals surface area contributed by atoms with E-state index in [2.05, 4.69) is 17.0 Å². The Balaban J connectivity index is 1.27. The van der Waals surface area contributed by atoms with Crippen LogP contribution in [0.5, 0.6) is 0 Å². The Labute approximate surface area is 206 Å². The minimum absolute atomic E-state index is 0.00479. The molecule has 5 rings (SSSR count). The molecule has 0 N–H and O–H groups in total. The number of rotatable bonds is 6. The highest BCUT2D eigenvalue weighted by atomic mass is 16.2. The van der Waals surface area contributed by atoms with Crippen LogP contribution in [0.3, 0.4) is 0 Å². The Kier molecular flexibility index (Phi) is 7.23. The third-order valence-electron chi connectivity index (χ3n) is 6.95. The molecule has 2 aromatic carbocycles. The van der Waals surface area contributed by atoms with E-state index in [1.807, 2.05) is 69.2 Å². The van der Waals surface area contributed by atoms with Crippen LogP contribution >= 0.6 is 0 Å². The first-order valence-electron chi connectivity index (χ1n) is 12.6. The first kappa shape index (κ1) is 23.3. The third-order valence-corrected chi connectivity index (χ3v) is 6.95. The molecule has 2 amide bonds. The molecule has 0 bridgehead atoms. The van der Waals surface area contributed by atoms with E-state index in [9.17, 15) is 9.59 Å². The number of hydrogen-bond acceptors (Lipinski definition) is 4. The zero-order chi connectivity index (χ0) is 24.0. The van der Waals surface area contributed by atoms with Crippen LogP contribution in [0.15, 0.2) is 66.9 Å². The van der Waals surface area contributed by atoms with Gasteiger partial charge >= 0.3 is 0 Å². The Bertz CT molecular complexity index is 1130. The van der Waals surface area contributed by atoms with Crippen molar-refractivity contribution in [1.29, 1.82) is 0 Å². The maximum atomic E-state index is 13.6. The molecule has 2 saturated heterocycles. The Morgan fingerprint density at radius 2 is 1.40 bits per heavy atom. The molecular formula is C28H33N5O2. The number of carbonyl (C=O) groups is 2. The second-order valence-corrected chi connectivity index (χ2v) is 9.45. The second-order valence-electron chi connectivity index (χ2n) is 9.45. The van der Waals surface area contributed by atoms with Crippen LogP contribution in [0.25, 0.3) is 11.3 Å². The summed E-state index contributed by atoms with van der Waals surface area (Å²) in [6, 6.07) is 20.1. The number of benzene rings is 2. The molecule has 3 heterocycles. The molecule has 2 aliphatic rings. The van der Waals surface area contributed by atoms with Crippen molar-refractivity contribution in [1.82, 2.24) is 24.5 Å². The van der Waals surface area contributed by atoms with E-state index in [0.29, 0.717) is 50.5 Å². The number of likely N-dealkylation sites (tertiary alicyclic amines) is 1. The highest BCUT2D eigenvalue weighted by Crippen LogP contribution is 2.24. The minimum atomic E-state index is 0.00479. The maximum absolute atomic E-state index is 13.6. The molecule has 35 heavy (non-hydrogen) atoms. The lowest BCUT2D eigenvalue weighted by atomic mass is 10.1. The molecule has 7 nitrogen and oxygen atoms in total. The molecule has 0 aliphatic carbocycles. The van der Waals surface area contributed by atoms with E-state index in [4.69, 9.17) is 5.10 Å². The SMILES string of the molecule is O=C(CN1CCN(C(=O)c2cn(Cc3ccccc3)nc2-c2ccccc2)CC1)N1CCCCC1. The molecular weight excluding hydrogens is 438 g/mol. The second kappa shape index (κ2) is 10.9. The van der Waals surface area contributed by atoms with Crippen molar-refractivity contribution in [2.24, 2.45) is 0 Å². The number of nitrogens with zero attached hydrogens (tertiary/aromatic N) is 5. The van der Waals surface area contributed by atoms with Gasteiger partial charge in [-0.2, -0.15) is 5.10 Å². The van der Waals surface area contributed by atoms with Gasteiger partial charge in [-0.05, 0) is 24.8 Å². The van der Waals surface area contributed by atoms with Gasteiger partial charge in [0.05, 0.1) is 18.7 Å². The molecule has 0 atom stereocenters. The van der Waals surface area contributed by atoms with Crippen LogP contribution in [0, 0.1) is 0 Å². The summed E-state index contributed by atoms with van der Waals surface area (Å²) in [4.78, 5) is 32.3. The van der Waals surface area contributed by atoms with Crippen molar-refractivity contribution >= 4 is 11.8 Å². The summed E-state index contributed by atoms with van der Waals surface area (Å²) in [5.41, 5.74) is 3.42. The number of carbonyl (C=O) groups excluding carboxylic acids is 2. The molecule has 2 fully saturated rings. The van der Waals surface area contributed by atoms with Crippen LogP contribution < -0.4 is 0 Å². The lowest BCUT2D eigenvalue weighted by Crippen LogP contribution is -2.52. The standard InChI is InChI=1S/C28H33N5O2/c34-26(31-14-8-3-9-15-31)22-30-16-18-32(19-17-30)28(35)25-21-33(20-23-10-4-1-5-11-23)29-27(25)24-12-6-2-7-13-24/h1-2,4-7,10-13,21H,3,8-9,14-20,22H2. The van der Waals surface area contributed by atoms with Crippen LogP contribution in [0.1, 0.15) is 35.2 Å². The van der Waals surface area contributed by atoms with Gasteiger partial charge in [0.15, 0.2) is 0 Å². The smallest absolute Gasteiger partial charge is 0.257 e. The van der Waals surface area contributed by atoms with Gasteiger partial charge in [-0.15, -0.1) is 0 Å². The first-order valence-corrected chi connectivity index (χ1v) is 12.6. The van der Waals surface area contributed by atoms with Gasteiger partial charge in [-0.1, -0.05) is 60.7 Å². The average Bonchev–Trinajstić information content (AvgIpc) is 3.34. The summed E-state index contributed by atoms with van der Waals surface area (Å²) in [6.45, 7) is 5.48. The van der Waals surface area contributed by atoms with Crippen molar-refractivity contribution in [3.05, 3.63) is 78.0 Å². The molecule has 1 aromatic heterocycles. The zero-order valence-corrected chi connectivity index (χ0v) is 20.2. The molecule has 0 unspecified atom stereocenters. The van der Waals surface area contributed by atoms with Crippen LogP contribution in [-0.2, 0) is 11.3 Å². The highest BCUT2D eigenvalue weighted by Gasteiger charge is 2.28. The van der Waals surface area contributed by atoms with Crippen molar-refractivity contribution in [2.75, 3.05) is 45.8 Å². The van der Waals surface area contributed by atoms with Crippen molar-refractivity contribution in [3.63, 3.8) is 0 Å². The van der Waals surface area contributed by atoms with Crippen LogP contribution in [0.2, 0.25) is 0 Å². The maximum Gasteiger partial charge on any atom is 0.257 e. The summed E-state index contributed by atoms with van der Waals surface area (Å²) < 4.78 is 1.86. The molecule has 0 spiro atoms. The minimum Gasteiger partial charge on any atom is -0.342 e. The van der Waals surface area contributed by atoms with E-state index in [1.54, 1.807) is 0 Å². The lowest BCUT2D eigenvalue weighted by Gasteiger charge is -2.36. The fraction of sp³-hybridized carbons (Fsp3) is 0.393. The fourth-order valence-electron chi connectivity index (χ4n) is 4.95. The number of piperidine rings is 1. The summed E-state index contributed by atoms with van der Waals surface area (Å²) in [5.74, 6) is 0.225. The summed E-state index contributed by atoms with van der Waals surface area (Å²) in [5, 5.41) is 4.81. The van der Waals surface area contributed by atoms with Gasteiger partial charge in [-0.3, -0.25) is 19.2 Å². The first-order chi connectivity index (χ1) is 17.2. The summed E-state index contributed by atoms with van der Waals surface area (Å²) in [6.07, 6.45) is 5.31. The van der Waals surface area contributed by atoms with Crippen LogP contribution in [-0.4, -0.2) is 82.1 Å². The topological polar surface area (TPSA) is 61.7 Å². The van der Waals surface area contributed by atoms with E-state index in [1.165, 1.54) is 6.42 Å². The molecule has 0 saturated carbocycles. The Morgan fingerprint density at radius 1 is 0.743 bits per heavy atom. The fourth-order valence-corrected chi connectivity index (χ4v) is 4.95. The molecule has 182 valence electrons. The summed E-state index contributed by atoms with van der Waals surface area (Å²) in [7, 11) is 0. The van der Waals surface area contributed by atoms with Crippen molar-refractivity contribution in [3.8, 4) is 11.3 Å². The normalized spacial score (nSPS) is 16.9. The predicted molar refractivity (Wildman–Crippen MR) is 136 cm³/mol. The van der Waals surface area contributed by atoms with Gasteiger partial charge in [-0.25, -0.2) is 0 Å². The number of hydrogen-bond donors (Lipinski definition) is 0. The number of aromatic nitrogens is 2. The molecule has 3 aromatic rings. The zero-order valence-electron chi connectivity index (χ0n) is 20.2. The Hall–Kier alpha value is -3.45. The summed E-state index contributed by atoms with van der Waals surface area (Å²) >= 11 is 0. The third kappa shape index (κ3) is 5.62. The largest absolute Gasteiger partial charge is 0.342 e. The molecule has 0 radical (unpaired) electrons. The van der Waals surface area contributed by atoms with E-state index in [0.717, 1.165) is 37.1 Å². The van der Waals surface area contributed by atoms with E-state index >= 15 is 0 Å². The monoisotopic (exact) mass is 471 g/mol. The predicted octanol–water partition coefficient (Wildman–Crippen LogP) is 3.37. The Morgan fingerprint density at radius 3 is 2.09 bits per heavy atom. The lowest BCUT2D eigenvalue weighted by molar-refractivity contribution is -0.133. The average molecular weight is 472 g/mol. The number of amides is 2. The van der Waals surface area contributed by atoms with E-state index < -0.39 is 0 Å². The van der Waals surface area contributed by atoms with Gasteiger partial charge in [0.25, 0.3) is 5.91 Å². The molecule has 2 aliphatic heterocycles. The van der Waals surface area contributed by atoms with E-state index in [-0.39, 0.29) is 11.8 Å². The number of piperazine rings is 1. The van der Waals surface area contributed by atoms with Gasteiger partial charge < -0.3 is 9.80 Å². The van der Waals surface area contributed by atoms with Crippen molar-refractivity contribution < 1.29 is 9.59 Å². The highest BCUT2D eigenvalue weighted by molar-refractivity contribution is 5.99. The van der Waals surface area contributed by atoms with Gasteiger partial charge in [0.2, 0.25) is 5.91 Å².